The van der Waals surface area contributed by atoms with Crippen molar-refractivity contribution < 1.29 is 5.11 Å². The van der Waals surface area contributed by atoms with E-state index in [1.165, 1.54) is 11.1 Å². The van der Waals surface area contributed by atoms with Crippen molar-refractivity contribution in [3.8, 4) is 0 Å². The third-order valence-corrected chi connectivity index (χ3v) is 1.96. The predicted octanol–water partition coefficient (Wildman–Crippen LogP) is 2.36. The lowest BCUT2D eigenvalue weighted by atomic mass is 9.99. The molecule has 1 aromatic carbocycles. The Bertz CT molecular complexity index is 231. The maximum atomic E-state index is 9.39. The fourth-order valence-electron chi connectivity index (χ4n) is 1.49. The van der Waals surface area contributed by atoms with Crippen molar-refractivity contribution in [3.63, 3.8) is 0 Å². The van der Waals surface area contributed by atoms with Crippen molar-refractivity contribution in [1.82, 2.24) is 0 Å². The molecule has 0 amide bonds. The molecule has 0 aliphatic rings. The molecular weight excluding hydrogens is 136 g/mol. The molecule has 0 aliphatic heterocycles. The van der Waals surface area contributed by atoms with Crippen LogP contribution >= 0.6 is 0 Å². The van der Waals surface area contributed by atoms with Crippen molar-refractivity contribution in [3.05, 3.63) is 34.9 Å². The van der Waals surface area contributed by atoms with Gasteiger partial charge in [-0.2, -0.15) is 0 Å². The molecule has 0 saturated carbocycles. The van der Waals surface area contributed by atoms with Crippen LogP contribution in [0.5, 0.6) is 0 Å². The maximum Gasteiger partial charge on any atom is 0.0767 e. The first-order chi connectivity index (χ1) is 5.13. The summed E-state index contributed by atoms with van der Waals surface area (Å²) < 4.78 is 0. The first-order valence-electron chi connectivity index (χ1n) is 3.87. The summed E-state index contributed by atoms with van der Waals surface area (Å²) in [6.07, 6.45) is -0.351. The Morgan fingerprint density at radius 1 is 1.18 bits per heavy atom. The summed E-state index contributed by atoms with van der Waals surface area (Å²) in [7, 11) is 0. The predicted molar refractivity (Wildman–Crippen MR) is 46.5 cm³/mol. The van der Waals surface area contributed by atoms with Crippen LogP contribution in [0.1, 0.15) is 29.7 Å². The van der Waals surface area contributed by atoms with Gasteiger partial charge in [0.1, 0.15) is 0 Å². The molecule has 0 radical (unpaired) electrons. The number of benzene rings is 1. The zero-order valence-electron chi connectivity index (χ0n) is 7.26. The molecule has 0 bridgehead atoms. The van der Waals surface area contributed by atoms with Crippen LogP contribution < -0.4 is 0 Å². The van der Waals surface area contributed by atoms with E-state index < -0.39 is 0 Å². The molecule has 11 heavy (non-hydrogen) atoms. The zero-order chi connectivity index (χ0) is 8.43. The summed E-state index contributed by atoms with van der Waals surface area (Å²) in [5.74, 6) is 0. The molecule has 1 nitrogen and oxygen atoms in total. The van der Waals surface area contributed by atoms with Crippen molar-refractivity contribution >= 4 is 0 Å². The Kier molecular flexibility index (Phi) is 2.30. The van der Waals surface area contributed by atoms with Gasteiger partial charge in [-0.25, -0.2) is 0 Å². The molecule has 0 spiro atoms. The Morgan fingerprint density at radius 2 is 1.64 bits per heavy atom. The van der Waals surface area contributed by atoms with Crippen molar-refractivity contribution in [2.24, 2.45) is 0 Å². The minimum Gasteiger partial charge on any atom is -0.389 e. The standard InChI is InChI=1S/C10H14O/c1-7-5-4-6-8(2)10(7)9(3)11/h4-6,9,11H,1-3H3. The van der Waals surface area contributed by atoms with Crippen LogP contribution in [0.3, 0.4) is 0 Å². The normalized spacial score (nSPS) is 13.1. The topological polar surface area (TPSA) is 20.2 Å². The number of rotatable bonds is 1. The highest BCUT2D eigenvalue weighted by Crippen LogP contribution is 2.20. The molecule has 1 unspecified atom stereocenters. The molecule has 0 aromatic heterocycles. The summed E-state index contributed by atoms with van der Waals surface area (Å²) >= 11 is 0. The zero-order valence-corrected chi connectivity index (χ0v) is 7.26. The molecule has 0 heterocycles. The van der Waals surface area contributed by atoms with E-state index >= 15 is 0 Å². The van der Waals surface area contributed by atoms with E-state index in [1.807, 2.05) is 32.0 Å². The number of aryl methyl sites for hydroxylation is 2. The number of aliphatic hydroxyl groups excluding tert-OH is 1. The van der Waals surface area contributed by atoms with Gasteiger partial charge in [0.05, 0.1) is 6.10 Å². The van der Waals surface area contributed by atoms with Gasteiger partial charge in [0, 0.05) is 0 Å². The van der Waals surface area contributed by atoms with E-state index in [1.54, 1.807) is 6.92 Å². The van der Waals surface area contributed by atoms with Gasteiger partial charge in [-0.1, -0.05) is 18.2 Å². The van der Waals surface area contributed by atoms with Gasteiger partial charge < -0.3 is 5.11 Å². The molecule has 1 N–H and O–H groups in total. The Hall–Kier alpha value is -0.820. The molecule has 60 valence electrons. The summed E-state index contributed by atoms with van der Waals surface area (Å²) in [6.45, 7) is 5.85. The van der Waals surface area contributed by atoms with Gasteiger partial charge in [0.2, 0.25) is 0 Å². The molecule has 1 heteroatoms. The fraction of sp³-hybridized carbons (Fsp3) is 0.400. The van der Waals surface area contributed by atoms with Gasteiger partial charge in [-0.05, 0) is 37.5 Å². The monoisotopic (exact) mass is 150 g/mol. The minimum absolute atomic E-state index is 0.351. The van der Waals surface area contributed by atoms with E-state index in [9.17, 15) is 5.11 Å². The van der Waals surface area contributed by atoms with E-state index in [0.29, 0.717) is 0 Å². The lowest BCUT2D eigenvalue weighted by Crippen LogP contribution is -1.97. The molecule has 1 aromatic rings. The summed E-state index contributed by atoms with van der Waals surface area (Å²) in [4.78, 5) is 0. The van der Waals surface area contributed by atoms with E-state index in [-0.39, 0.29) is 6.10 Å². The number of hydrogen-bond acceptors (Lipinski definition) is 1. The minimum atomic E-state index is -0.351. The molecular formula is C10H14O. The van der Waals surface area contributed by atoms with Crippen molar-refractivity contribution in [2.45, 2.75) is 26.9 Å². The quantitative estimate of drug-likeness (QED) is 0.651. The van der Waals surface area contributed by atoms with Crippen LogP contribution in [0.15, 0.2) is 18.2 Å². The third kappa shape index (κ3) is 1.60. The Balaban J connectivity index is 3.21. The van der Waals surface area contributed by atoms with Crippen LogP contribution in [-0.2, 0) is 0 Å². The maximum absolute atomic E-state index is 9.39. The van der Waals surface area contributed by atoms with Gasteiger partial charge in [0.15, 0.2) is 0 Å². The van der Waals surface area contributed by atoms with Gasteiger partial charge in [-0.3, -0.25) is 0 Å². The lowest BCUT2D eigenvalue weighted by Gasteiger charge is -2.11. The second-order valence-corrected chi connectivity index (χ2v) is 2.98. The summed E-state index contributed by atoms with van der Waals surface area (Å²) in [5.41, 5.74) is 3.40. The van der Waals surface area contributed by atoms with Crippen LogP contribution in [0.25, 0.3) is 0 Å². The number of aliphatic hydroxyl groups is 1. The SMILES string of the molecule is Cc1cccc(C)c1C(C)O. The van der Waals surface area contributed by atoms with E-state index in [4.69, 9.17) is 0 Å². The van der Waals surface area contributed by atoms with Crippen LogP contribution in [-0.4, -0.2) is 5.11 Å². The number of hydrogen-bond donors (Lipinski definition) is 1. The first kappa shape index (κ1) is 8.28. The second kappa shape index (κ2) is 3.05. The highest BCUT2D eigenvalue weighted by Gasteiger charge is 2.06. The van der Waals surface area contributed by atoms with Crippen molar-refractivity contribution in [1.29, 1.82) is 0 Å². The Labute approximate surface area is 67.7 Å². The van der Waals surface area contributed by atoms with Crippen LogP contribution in [0, 0.1) is 13.8 Å². The molecule has 1 rings (SSSR count). The highest BCUT2D eigenvalue weighted by molar-refractivity contribution is 5.34. The van der Waals surface area contributed by atoms with Crippen LogP contribution in [0.2, 0.25) is 0 Å². The molecule has 0 saturated heterocycles. The fourth-order valence-corrected chi connectivity index (χ4v) is 1.49. The largest absolute Gasteiger partial charge is 0.389 e. The Morgan fingerprint density at radius 3 is 1.91 bits per heavy atom. The highest BCUT2D eigenvalue weighted by atomic mass is 16.3. The van der Waals surface area contributed by atoms with E-state index in [0.717, 1.165) is 5.56 Å². The summed E-state index contributed by atoms with van der Waals surface area (Å²) in [6, 6.07) is 6.06. The van der Waals surface area contributed by atoms with Crippen LogP contribution in [0.4, 0.5) is 0 Å². The van der Waals surface area contributed by atoms with Gasteiger partial charge in [0.25, 0.3) is 0 Å². The van der Waals surface area contributed by atoms with Gasteiger partial charge >= 0.3 is 0 Å². The van der Waals surface area contributed by atoms with E-state index in [2.05, 4.69) is 0 Å². The smallest absolute Gasteiger partial charge is 0.0767 e. The molecule has 0 fully saturated rings. The average Bonchev–Trinajstić information content (AvgIpc) is 1.85. The molecule has 0 aliphatic carbocycles. The average molecular weight is 150 g/mol. The molecule has 1 atom stereocenters. The summed E-state index contributed by atoms with van der Waals surface area (Å²) in [5, 5.41) is 9.39. The first-order valence-corrected chi connectivity index (χ1v) is 3.87. The lowest BCUT2D eigenvalue weighted by molar-refractivity contribution is 0.198. The van der Waals surface area contributed by atoms with Gasteiger partial charge in [-0.15, -0.1) is 0 Å². The second-order valence-electron chi connectivity index (χ2n) is 2.98. The van der Waals surface area contributed by atoms with Crippen molar-refractivity contribution in [2.75, 3.05) is 0 Å². The third-order valence-electron chi connectivity index (χ3n) is 1.96.